The first-order valence-corrected chi connectivity index (χ1v) is 9.17. The lowest BCUT2D eigenvalue weighted by Gasteiger charge is -2.13. The molecule has 0 fully saturated rings. The van der Waals surface area contributed by atoms with Crippen LogP contribution in [0.25, 0.3) is 10.9 Å². The van der Waals surface area contributed by atoms with Crippen LogP contribution >= 0.6 is 0 Å². The lowest BCUT2D eigenvalue weighted by Crippen LogP contribution is -2.00. The van der Waals surface area contributed by atoms with Crippen molar-refractivity contribution >= 4 is 32.2 Å². The Labute approximate surface area is 139 Å². The van der Waals surface area contributed by atoms with Crippen LogP contribution in [0.5, 0.6) is 5.75 Å². The number of phenols is 1. The normalized spacial score (nSPS) is 15.4. The number of nitrogens with one attached hydrogen (secondary N) is 1. The first-order chi connectivity index (χ1) is 11.5. The second-order valence-corrected chi connectivity index (χ2v) is 7.93. The number of sulfone groups is 1. The Morgan fingerprint density at radius 1 is 1.17 bits per heavy atom. The largest absolute Gasteiger partial charge is 0.508 e. The molecule has 24 heavy (non-hydrogen) atoms. The van der Waals surface area contributed by atoms with E-state index in [9.17, 15) is 13.5 Å². The third-order valence-electron chi connectivity index (χ3n) is 4.30. The molecule has 6 nitrogen and oxygen atoms in total. The van der Waals surface area contributed by atoms with E-state index in [0.29, 0.717) is 28.3 Å². The molecule has 7 heteroatoms. The monoisotopic (exact) mass is 341 g/mol. The molecule has 1 aliphatic heterocycles. The highest BCUT2D eigenvalue weighted by Crippen LogP contribution is 2.36. The SMILES string of the molecule is Cc1ccc(O)cc1Nc1ncnc2ccc3c(c12)CCS3(=O)=O. The Hall–Kier alpha value is -2.67. The number of aromatic nitrogens is 2. The highest BCUT2D eigenvalue weighted by atomic mass is 32.2. The Kier molecular flexibility index (Phi) is 3.21. The number of fused-ring (bicyclic) bond motifs is 3. The van der Waals surface area contributed by atoms with E-state index in [2.05, 4.69) is 15.3 Å². The molecule has 122 valence electrons. The molecule has 2 heterocycles. The maximum absolute atomic E-state index is 12.2. The molecule has 0 saturated carbocycles. The molecule has 0 aliphatic carbocycles. The first-order valence-electron chi connectivity index (χ1n) is 7.52. The van der Waals surface area contributed by atoms with Crippen molar-refractivity contribution in [1.29, 1.82) is 0 Å². The predicted molar refractivity (Wildman–Crippen MR) is 91.4 cm³/mol. The van der Waals surface area contributed by atoms with Gasteiger partial charge >= 0.3 is 0 Å². The highest BCUT2D eigenvalue weighted by Gasteiger charge is 2.29. The number of aromatic hydroxyl groups is 1. The van der Waals surface area contributed by atoms with Gasteiger partial charge in [0.05, 0.1) is 16.2 Å². The molecule has 1 aliphatic rings. The van der Waals surface area contributed by atoms with Gasteiger partial charge in [-0.1, -0.05) is 6.07 Å². The fourth-order valence-electron chi connectivity index (χ4n) is 3.05. The average molecular weight is 341 g/mol. The molecule has 0 atom stereocenters. The Morgan fingerprint density at radius 3 is 2.83 bits per heavy atom. The zero-order valence-corrected chi connectivity index (χ0v) is 13.8. The van der Waals surface area contributed by atoms with Crippen LogP contribution in [0, 0.1) is 6.92 Å². The van der Waals surface area contributed by atoms with Gasteiger partial charge in [0, 0.05) is 17.1 Å². The standard InChI is InChI=1S/C17H15N3O3S/c1-10-2-3-11(21)8-14(10)20-17-16-12-6-7-24(22,23)15(12)5-4-13(16)18-9-19-17/h2-5,8-9,21H,6-7H2,1H3,(H,18,19,20). The number of benzene rings is 2. The summed E-state index contributed by atoms with van der Waals surface area (Å²) in [5.74, 6) is 0.804. The Morgan fingerprint density at radius 2 is 2.00 bits per heavy atom. The van der Waals surface area contributed by atoms with Gasteiger partial charge in [0.15, 0.2) is 9.84 Å². The van der Waals surface area contributed by atoms with Crippen molar-refractivity contribution in [3.63, 3.8) is 0 Å². The van der Waals surface area contributed by atoms with Gasteiger partial charge in [0.2, 0.25) is 0 Å². The zero-order valence-electron chi connectivity index (χ0n) is 12.9. The predicted octanol–water partition coefficient (Wildman–Crippen LogP) is 2.72. The smallest absolute Gasteiger partial charge is 0.179 e. The third kappa shape index (κ3) is 2.28. The number of nitrogens with zero attached hydrogens (tertiary/aromatic N) is 2. The van der Waals surface area contributed by atoms with Crippen LogP contribution in [-0.2, 0) is 16.3 Å². The summed E-state index contributed by atoms with van der Waals surface area (Å²) in [7, 11) is -3.22. The molecule has 0 unspecified atom stereocenters. The summed E-state index contributed by atoms with van der Waals surface area (Å²) in [4.78, 5) is 8.91. The van der Waals surface area contributed by atoms with Crippen molar-refractivity contribution in [3.05, 3.63) is 47.8 Å². The van der Waals surface area contributed by atoms with E-state index in [1.54, 1.807) is 30.3 Å². The van der Waals surface area contributed by atoms with Crippen molar-refractivity contribution in [3.8, 4) is 5.75 Å². The summed E-state index contributed by atoms with van der Waals surface area (Å²) < 4.78 is 24.3. The van der Waals surface area contributed by atoms with E-state index in [1.165, 1.54) is 6.33 Å². The zero-order chi connectivity index (χ0) is 16.9. The van der Waals surface area contributed by atoms with Crippen molar-refractivity contribution in [1.82, 2.24) is 9.97 Å². The molecule has 0 amide bonds. The summed E-state index contributed by atoms with van der Waals surface area (Å²) in [6.07, 6.45) is 1.90. The fourth-order valence-corrected chi connectivity index (χ4v) is 4.60. The number of aryl methyl sites for hydroxylation is 2. The van der Waals surface area contributed by atoms with Crippen LogP contribution in [0.2, 0.25) is 0 Å². The minimum absolute atomic E-state index is 0.112. The summed E-state index contributed by atoms with van der Waals surface area (Å²) in [6, 6.07) is 8.36. The average Bonchev–Trinajstić information content (AvgIpc) is 2.86. The van der Waals surface area contributed by atoms with Crippen LogP contribution < -0.4 is 5.32 Å². The number of rotatable bonds is 2. The van der Waals surface area contributed by atoms with Gasteiger partial charge in [0.1, 0.15) is 17.9 Å². The van der Waals surface area contributed by atoms with E-state index < -0.39 is 9.84 Å². The van der Waals surface area contributed by atoms with Gasteiger partial charge in [-0.05, 0) is 42.7 Å². The highest BCUT2D eigenvalue weighted by molar-refractivity contribution is 7.91. The van der Waals surface area contributed by atoms with E-state index in [-0.39, 0.29) is 11.5 Å². The van der Waals surface area contributed by atoms with Crippen molar-refractivity contribution in [2.75, 3.05) is 11.1 Å². The van der Waals surface area contributed by atoms with E-state index in [1.807, 2.05) is 6.92 Å². The molecule has 1 aromatic heterocycles. The second kappa shape index (κ2) is 5.17. The van der Waals surface area contributed by atoms with Crippen LogP contribution in [0.3, 0.4) is 0 Å². The Balaban J connectivity index is 1.94. The maximum Gasteiger partial charge on any atom is 0.179 e. The van der Waals surface area contributed by atoms with Crippen molar-refractivity contribution < 1.29 is 13.5 Å². The maximum atomic E-state index is 12.2. The molecule has 0 radical (unpaired) electrons. The van der Waals surface area contributed by atoms with Gasteiger partial charge in [-0.3, -0.25) is 0 Å². The summed E-state index contributed by atoms with van der Waals surface area (Å²) in [6.45, 7) is 1.92. The lowest BCUT2D eigenvalue weighted by molar-refractivity contribution is 0.475. The first kappa shape index (κ1) is 14.9. The number of phenolic OH excluding ortho intramolecular Hbond substituents is 1. The molecule has 0 bridgehead atoms. The van der Waals surface area contributed by atoms with Crippen LogP contribution in [-0.4, -0.2) is 29.2 Å². The van der Waals surface area contributed by atoms with Crippen molar-refractivity contribution in [2.24, 2.45) is 0 Å². The minimum atomic E-state index is -3.22. The molecule has 0 saturated heterocycles. The van der Waals surface area contributed by atoms with Gasteiger partial charge in [-0.2, -0.15) is 0 Å². The second-order valence-electron chi connectivity index (χ2n) is 5.85. The fraction of sp³-hybridized carbons (Fsp3) is 0.176. The minimum Gasteiger partial charge on any atom is -0.508 e. The van der Waals surface area contributed by atoms with Crippen LogP contribution in [0.15, 0.2) is 41.6 Å². The van der Waals surface area contributed by atoms with E-state index in [4.69, 9.17) is 0 Å². The summed E-state index contributed by atoms with van der Waals surface area (Å²) in [5, 5.41) is 13.6. The third-order valence-corrected chi connectivity index (χ3v) is 6.09. The van der Waals surface area contributed by atoms with Crippen LogP contribution in [0.4, 0.5) is 11.5 Å². The number of hydrogen-bond acceptors (Lipinski definition) is 6. The molecular formula is C17H15N3O3S. The molecule has 2 N–H and O–H groups in total. The van der Waals surface area contributed by atoms with Gasteiger partial charge in [-0.15, -0.1) is 0 Å². The van der Waals surface area contributed by atoms with E-state index in [0.717, 1.165) is 16.5 Å². The summed E-state index contributed by atoms with van der Waals surface area (Å²) >= 11 is 0. The Bertz CT molecular complexity index is 1080. The molecular weight excluding hydrogens is 326 g/mol. The lowest BCUT2D eigenvalue weighted by atomic mass is 10.1. The van der Waals surface area contributed by atoms with Gasteiger partial charge in [-0.25, -0.2) is 18.4 Å². The molecule has 2 aromatic carbocycles. The molecule has 0 spiro atoms. The van der Waals surface area contributed by atoms with Crippen LogP contribution in [0.1, 0.15) is 11.1 Å². The molecule has 3 aromatic rings. The number of anilines is 2. The van der Waals surface area contributed by atoms with Gasteiger partial charge < -0.3 is 10.4 Å². The quantitative estimate of drug-likeness (QED) is 0.744. The number of hydrogen-bond donors (Lipinski definition) is 2. The van der Waals surface area contributed by atoms with Crippen molar-refractivity contribution in [2.45, 2.75) is 18.2 Å². The van der Waals surface area contributed by atoms with Gasteiger partial charge in [0.25, 0.3) is 0 Å². The topological polar surface area (TPSA) is 92.2 Å². The molecule has 4 rings (SSSR count). The summed E-state index contributed by atoms with van der Waals surface area (Å²) in [5.41, 5.74) is 3.11. The van der Waals surface area contributed by atoms with E-state index >= 15 is 0 Å².